The average Bonchev–Trinajstić information content (AvgIpc) is 2.75. The van der Waals surface area contributed by atoms with Gasteiger partial charge in [0.2, 0.25) is 0 Å². The van der Waals surface area contributed by atoms with Crippen molar-refractivity contribution in [2.75, 3.05) is 6.61 Å². The Hall–Kier alpha value is -0.690. The van der Waals surface area contributed by atoms with Crippen molar-refractivity contribution in [1.29, 1.82) is 0 Å². The lowest BCUT2D eigenvalue weighted by Crippen LogP contribution is -2.51. The minimum atomic E-state index is -0.698. The highest BCUT2D eigenvalue weighted by Crippen LogP contribution is 2.39. The summed E-state index contributed by atoms with van der Waals surface area (Å²) in [5.74, 6) is -1.63. The first-order valence-electron chi connectivity index (χ1n) is 6.63. The Balaban J connectivity index is 1.78. The van der Waals surface area contributed by atoms with Crippen LogP contribution in [0.2, 0.25) is 0 Å². The number of esters is 1. The lowest BCUT2D eigenvalue weighted by atomic mass is 9.98. The number of carbonyl (C=O) groups is 1. The zero-order chi connectivity index (χ0) is 13.8. The highest BCUT2D eigenvalue weighted by molar-refractivity contribution is 5.71. The van der Waals surface area contributed by atoms with E-state index in [2.05, 4.69) is 0 Å². The first kappa shape index (κ1) is 13.3. The van der Waals surface area contributed by atoms with Crippen LogP contribution in [-0.2, 0) is 28.5 Å². The van der Waals surface area contributed by atoms with Crippen molar-refractivity contribution in [2.24, 2.45) is 0 Å². The van der Waals surface area contributed by atoms with Crippen LogP contribution in [-0.4, -0.2) is 48.6 Å². The maximum atomic E-state index is 11.7. The van der Waals surface area contributed by atoms with Crippen molar-refractivity contribution >= 4 is 5.97 Å². The molecule has 3 heterocycles. The van der Waals surface area contributed by atoms with Crippen molar-refractivity contribution in [3.63, 3.8) is 0 Å². The molecule has 0 aromatic carbocycles. The van der Waals surface area contributed by atoms with Gasteiger partial charge >= 0.3 is 5.97 Å². The van der Waals surface area contributed by atoms with Gasteiger partial charge in [-0.25, -0.2) is 0 Å². The molecular weight excluding hydrogens is 252 g/mol. The molecule has 0 bridgehead atoms. The van der Waals surface area contributed by atoms with Crippen LogP contribution in [0.5, 0.6) is 0 Å². The van der Waals surface area contributed by atoms with Gasteiger partial charge < -0.3 is 23.7 Å². The Morgan fingerprint density at radius 1 is 0.947 bits per heavy atom. The van der Waals surface area contributed by atoms with Crippen molar-refractivity contribution in [3.8, 4) is 0 Å². The molecule has 0 amide bonds. The summed E-state index contributed by atoms with van der Waals surface area (Å²) in [7, 11) is 0. The van der Waals surface area contributed by atoms with Crippen LogP contribution >= 0.6 is 0 Å². The summed E-state index contributed by atoms with van der Waals surface area (Å²) < 4.78 is 28.3. The van der Waals surface area contributed by atoms with Gasteiger partial charge in [-0.3, -0.25) is 4.79 Å². The summed E-state index contributed by atoms with van der Waals surface area (Å²) >= 11 is 0. The fourth-order valence-electron chi connectivity index (χ4n) is 2.90. The molecule has 3 saturated heterocycles. The molecular formula is C13H20O6. The zero-order valence-corrected chi connectivity index (χ0v) is 11.7. The molecule has 3 aliphatic rings. The number of hydrogen-bond acceptors (Lipinski definition) is 6. The molecule has 0 aromatic heterocycles. The van der Waals surface area contributed by atoms with Crippen molar-refractivity contribution in [3.05, 3.63) is 0 Å². The van der Waals surface area contributed by atoms with Gasteiger partial charge in [-0.2, -0.15) is 0 Å². The Bertz CT molecular complexity index is 391. The molecule has 19 heavy (non-hydrogen) atoms. The van der Waals surface area contributed by atoms with E-state index in [0.29, 0.717) is 6.61 Å². The van der Waals surface area contributed by atoms with E-state index in [0.717, 1.165) is 0 Å². The standard InChI is InChI=1S/C13H20O6/c1-12(2)15-6-8(18-12)10-11-7(5-9(14)16-10)17-13(3,4)19-11/h7-8,10-11H,5-6H2,1-4H3/t7?,8?,10-,11?/m0/s1. The fraction of sp³-hybridized carbons (Fsp3) is 0.923. The fourth-order valence-corrected chi connectivity index (χ4v) is 2.90. The van der Waals surface area contributed by atoms with Gasteiger partial charge in [0, 0.05) is 0 Å². The molecule has 3 aliphatic heterocycles. The number of rotatable bonds is 1. The van der Waals surface area contributed by atoms with Gasteiger partial charge in [0.1, 0.15) is 18.3 Å². The van der Waals surface area contributed by atoms with Crippen LogP contribution < -0.4 is 0 Å². The highest BCUT2D eigenvalue weighted by atomic mass is 16.8. The number of fused-ring (bicyclic) bond motifs is 1. The summed E-state index contributed by atoms with van der Waals surface area (Å²) in [6.07, 6.45) is -1.13. The molecule has 6 nitrogen and oxygen atoms in total. The van der Waals surface area contributed by atoms with Gasteiger partial charge in [0.05, 0.1) is 13.0 Å². The predicted octanol–water partition coefficient (Wildman–Crippen LogP) is 0.973. The van der Waals surface area contributed by atoms with E-state index in [1.54, 1.807) is 0 Å². The van der Waals surface area contributed by atoms with Crippen LogP contribution in [0.4, 0.5) is 0 Å². The van der Waals surface area contributed by atoms with Gasteiger partial charge in [0.25, 0.3) is 0 Å². The van der Waals surface area contributed by atoms with Crippen LogP contribution in [0.1, 0.15) is 34.1 Å². The molecule has 3 unspecified atom stereocenters. The molecule has 3 rings (SSSR count). The van der Waals surface area contributed by atoms with Crippen molar-refractivity contribution in [1.82, 2.24) is 0 Å². The van der Waals surface area contributed by atoms with E-state index in [-0.39, 0.29) is 30.7 Å². The molecule has 6 heteroatoms. The van der Waals surface area contributed by atoms with Gasteiger partial charge in [-0.05, 0) is 27.7 Å². The van der Waals surface area contributed by atoms with Crippen LogP contribution in [0.25, 0.3) is 0 Å². The largest absolute Gasteiger partial charge is 0.457 e. The third-order valence-corrected chi connectivity index (χ3v) is 3.58. The molecule has 0 radical (unpaired) electrons. The third kappa shape index (κ3) is 2.50. The SMILES string of the molecule is CC1(C)OCC([C@@H]2OC(=O)CC3OC(C)(C)OC32)O1. The molecule has 0 aliphatic carbocycles. The number of ether oxygens (including phenoxy) is 5. The monoisotopic (exact) mass is 272 g/mol. The highest BCUT2D eigenvalue weighted by Gasteiger charge is 2.55. The second kappa shape index (κ2) is 4.15. The number of hydrogen-bond donors (Lipinski definition) is 0. The lowest BCUT2D eigenvalue weighted by molar-refractivity contribution is -0.198. The molecule has 0 N–H and O–H groups in total. The molecule has 108 valence electrons. The van der Waals surface area contributed by atoms with Gasteiger partial charge in [-0.1, -0.05) is 0 Å². The Kier molecular flexibility index (Phi) is 2.91. The second-order valence-electron chi connectivity index (χ2n) is 6.16. The average molecular weight is 272 g/mol. The van der Waals surface area contributed by atoms with Gasteiger partial charge in [0.15, 0.2) is 17.7 Å². The summed E-state index contributed by atoms with van der Waals surface area (Å²) in [5, 5.41) is 0. The Labute approximate surface area is 112 Å². The van der Waals surface area contributed by atoms with Gasteiger partial charge in [-0.15, -0.1) is 0 Å². The maximum absolute atomic E-state index is 11.7. The molecule has 4 atom stereocenters. The summed E-state index contributed by atoms with van der Waals surface area (Å²) in [6, 6.07) is 0. The minimum Gasteiger partial charge on any atom is -0.457 e. The molecule has 0 spiro atoms. The summed E-state index contributed by atoms with van der Waals surface area (Å²) in [5.41, 5.74) is 0. The van der Waals surface area contributed by atoms with Crippen molar-refractivity contribution < 1.29 is 28.5 Å². The summed E-state index contributed by atoms with van der Waals surface area (Å²) in [4.78, 5) is 11.7. The topological polar surface area (TPSA) is 63.2 Å². The smallest absolute Gasteiger partial charge is 0.309 e. The Morgan fingerprint density at radius 2 is 1.63 bits per heavy atom. The van der Waals surface area contributed by atoms with E-state index >= 15 is 0 Å². The first-order valence-corrected chi connectivity index (χ1v) is 6.63. The van der Waals surface area contributed by atoms with Crippen LogP contribution in [0.3, 0.4) is 0 Å². The van der Waals surface area contributed by atoms with E-state index in [1.165, 1.54) is 0 Å². The molecule has 0 saturated carbocycles. The van der Waals surface area contributed by atoms with Crippen LogP contribution in [0.15, 0.2) is 0 Å². The number of cyclic esters (lactones) is 1. The van der Waals surface area contributed by atoms with E-state index in [4.69, 9.17) is 23.7 Å². The number of carbonyl (C=O) groups excluding carboxylic acids is 1. The van der Waals surface area contributed by atoms with Crippen molar-refractivity contribution in [2.45, 2.75) is 70.1 Å². The minimum absolute atomic E-state index is 0.224. The Morgan fingerprint density at radius 3 is 2.26 bits per heavy atom. The summed E-state index contributed by atoms with van der Waals surface area (Å²) in [6.45, 7) is 7.74. The van der Waals surface area contributed by atoms with E-state index in [9.17, 15) is 4.79 Å². The van der Waals surface area contributed by atoms with E-state index in [1.807, 2.05) is 27.7 Å². The quantitative estimate of drug-likeness (QED) is 0.663. The van der Waals surface area contributed by atoms with E-state index < -0.39 is 17.7 Å². The lowest BCUT2D eigenvalue weighted by Gasteiger charge is -2.33. The zero-order valence-electron chi connectivity index (χ0n) is 11.7. The van der Waals surface area contributed by atoms with Crippen LogP contribution in [0, 0.1) is 0 Å². The maximum Gasteiger partial charge on any atom is 0.309 e. The predicted molar refractivity (Wildman–Crippen MR) is 63.2 cm³/mol. The normalized spacial score (nSPS) is 43.9. The molecule has 0 aromatic rings. The molecule has 3 fully saturated rings. The third-order valence-electron chi connectivity index (χ3n) is 3.58. The second-order valence-corrected chi connectivity index (χ2v) is 6.16. The first-order chi connectivity index (χ1) is 8.76.